The van der Waals surface area contributed by atoms with Gasteiger partial charge in [0.05, 0.1) is 0 Å². The highest BCUT2D eigenvalue weighted by Gasteiger charge is 2.18. The van der Waals surface area contributed by atoms with Crippen LogP contribution in [0.2, 0.25) is 0 Å². The maximum absolute atomic E-state index is 11.5. The molecule has 0 atom stereocenters. The largest absolute Gasteiger partial charge is 0.276 e. The van der Waals surface area contributed by atoms with Gasteiger partial charge in [0.1, 0.15) is 0 Å². The maximum Gasteiger partial charge on any atom is 0.253 e. The van der Waals surface area contributed by atoms with Crippen LogP contribution in [0.15, 0.2) is 48.5 Å². The van der Waals surface area contributed by atoms with Gasteiger partial charge >= 0.3 is 0 Å². The maximum atomic E-state index is 11.5. The van der Waals surface area contributed by atoms with E-state index >= 15 is 0 Å². The molecule has 0 radical (unpaired) electrons. The molecule has 0 heterocycles. The smallest absolute Gasteiger partial charge is 0.253 e. The van der Waals surface area contributed by atoms with Gasteiger partial charge in [0.15, 0.2) is 0 Å². The van der Waals surface area contributed by atoms with E-state index in [9.17, 15) is 9.59 Å². The molecule has 2 rings (SSSR count). The van der Waals surface area contributed by atoms with Crippen LogP contribution >= 0.6 is 23.2 Å². The molecule has 0 aliphatic carbocycles. The van der Waals surface area contributed by atoms with Crippen molar-refractivity contribution in [3.63, 3.8) is 0 Å². The Hall–Kier alpha value is -1.64. The van der Waals surface area contributed by atoms with E-state index in [1.54, 1.807) is 12.1 Å². The lowest BCUT2D eigenvalue weighted by atomic mass is 9.97. The lowest BCUT2D eigenvalue weighted by Gasteiger charge is -2.09. The second kappa shape index (κ2) is 6.00. The van der Waals surface area contributed by atoms with Crippen molar-refractivity contribution in [1.82, 2.24) is 0 Å². The summed E-state index contributed by atoms with van der Waals surface area (Å²) in [6, 6.07) is 14.6. The SMILES string of the molecule is O=C(Cl)c1cccc(Cc2ccccc2)c1C(=O)Cl. The fourth-order valence-corrected chi connectivity index (χ4v) is 2.34. The van der Waals surface area contributed by atoms with Gasteiger partial charge < -0.3 is 0 Å². The summed E-state index contributed by atoms with van der Waals surface area (Å²) in [4.78, 5) is 22.9. The molecule has 0 spiro atoms. The van der Waals surface area contributed by atoms with E-state index in [0.717, 1.165) is 5.56 Å². The van der Waals surface area contributed by atoms with Crippen molar-refractivity contribution in [3.05, 3.63) is 70.8 Å². The Labute approximate surface area is 121 Å². The van der Waals surface area contributed by atoms with Crippen LogP contribution in [0, 0.1) is 0 Å². The quantitative estimate of drug-likeness (QED) is 0.797. The average molecular weight is 293 g/mol. The van der Waals surface area contributed by atoms with Crippen LogP contribution in [-0.4, -0.2) is 10.5 Å². The number of halogens is 2. The number of carbonyl (C=O) groups is 2. The van der Waals surface area contributed by atoms with Gasteiger partial charge in [0.2, 0.25) is 0 Å². The molecular weight excluding hydrogens is 283 g/mol. The van der Waals surface area contributed by atoms with Crippen molar-refractivity contribution in [2.75, 3.05) is 0 Å². The highest BCUT2D eigenvalue weighted by Crippen LogP contribution is 2.22. The fraction of sp³-hybridized carbons (Fsp3) is 0.0667. The summed E-state index contributed by atoms with van der Waals surface area (Å²) in [6.45, 7) is 0. The summed E-state index contributed by atoms with van der Waals surface area (Å²) in [5.74, 6) is 0. The molecule has 0 aliphatic rings. The molecule has 0 unspecified atom stereocenters. The second-order valence-electron chi connectivity index (χ2n) is 4.05. The zero-order valence-corrected chi connectivity index (χ0v) is 11.4. The number of hydrogen-bond donors (Lipinski definition) is 0. The van der Waals surface area contributed by atoms with Crippen LogP contribution in [0.1, 0.15) is 31.8 Å². The Morgan fingerprint density at radius 2 is 1.53 bits per heavy atom. The van der Waals surface area contributed by atoms with Crippen LogP contribution in [-0.2, 0) is 6.42 Å². The standard InChI is InChI=1S/C15H10Cl2O2/c16-14(18)12-8-4-7-11(13(12)15(17)19)9-10-5-2-1-3-6-10/h1-8H,9H2. The first-order valence-electron chi connectivity index (χ1n) is 5.65. The molecule has 0 amide bonds. The molecular formula is C15H10Cl2O2. The Morgan fingerprint density at radius 3 is 2.11 bits per heavy atom. The van der Waals surface area contributed by atoms with E-state index in [-0.39, 0.29) is 11.1 Å². The van der Waals surface area contributed by atoms with E-state index in [0.29, 0.717) is 12.0 Å². The fourth-order valence-electron chi connectivity index (χ4n) is 1.96. The summed E-state index contributed by atoms with van der Waals surface area (Å²) in [7, 11) is 0. The minimum atomic E-state index is -0.682. The van der Waals surface area contributed by atoms with E-state index in [1.165, 1.54) is 6.07 Å². The second-order valence-corrected chi connectivity index (χ2v) is 4.74. The Morgan fingerprint density at radius 1 is 0.842 bits per heavy atom. The molecule has 0 aliphatic heterocycles. The monoisotopic (exact) mass is 292 g/mol. The summed E-state index contributed by atoms with van der Waals surface area (Å²) in [5, 5.41) is -1.35. The van der Waals surface area contributed by atoms with Crippen LogP contribution in [0.5, 0.6) is 0 Å². The predicted molar refractivity (Wildman–Crippen MR) is 76.1 cm³/mol. The number of rotatable bonds is 4. The van der Waals surface area contributed by atoms with Gasteiger partial charge in [-0.05, 0) is 46.8 Å². The molecule has 0 bridgehead atoms. The van der Waals surface area contributed by atoms with Crippen LogP contribution in [0.4, 0.5) is 0 Å². The zero-order chi connectivity index (χ0) is 13.8. The van der Waals surface area contributed by atoms with Crippen LogP contribution < -0.4 is 0 Å². The first-order valence-corrected chi connectivity index (χ1v) is 6.40. The molecule has 96 valence electrons. The number of carbonyl (C=O) groups excluding carboxylic acids is 2. The van der Waals surface area contributed by atoms with Crippen molar-refractivity contribution in [2.45, 2.75) is 6.42 Å². The first-order chi connectivity index (χ1) is 9.09. The third-order valence-electron chi connectivity index (χ3n) is 2.80. The Kier molecular flexibility index (Phi) is 4.35. The molecule has 19 heavy (non-hydrogen) atoms. The Bertz CT molecular complexity index is 621. The normalized spacial score (nSPS) is 10.2. The highest BCUT2D eigenvalue weighted by atomic mass is 35.5. The molecule has 0 saturated heterocycles. The minimum Gasteiger partial charge on any atom is -0.276 e. The van der Waals surface area contributed by atoms with Crippen molar-refractivity contribution in [3.8, 4) is 0 Å². The summed E-state index contributed by atoms with van der Waals surface area (Å²) in [5.41, 5.74) is 2.06. The molecule has 2 aromatic rings. The van der Waals surface area contributed by atoms with Gasteiger partial charge in [0, 0.05) is 11.1 Å². The van der Waals surface area contributed by atoms with E-state index < -0.39 is 10.5 Å². The van der Waals surface area contributed by atoms with Crippen molar-refractivity contribution < 1.29 is 9.59 Å². The topological polar surface area (TPSA) is 34.1 Å². The highest BCUT2D eigenvalue weighted by molar-refractivity contribution is 6.72. The van der Waals surface area contributed by atoms with Gasteiger partial charge in [-0.1, -0.05) is 42.5 Å². The molecule has 0 aromatic heterocycles. The van der Waals surface area contributed by atoms with Crippen molar-refractivity contribution >= 4 is 33.7 Å². The molecule has 0 saturated carbocycles. The Balaban J connectivity index is 2.48. The number of hydrogen-bond acceptors (Lipinski definition) is 2. The van der Waals surface area contributed by atoms with Crippen LogP contribution in [0.25, 0.3) is 0 Å². The number of benzene rings is 2. The van der Waals surface area contributed by atoms with Crippen molar-refractivity contribution in [1.29, 1.82) is 0 Å². The predicted octanol–water partition coefficient (Wildman–Crippen LogP) is 4.04. The molecule has 0 fully saturated rings. The average Bonchev–Trinajstić information content (AvgIpc) is 2.39. The van der Waals surface area contributed by atoms with Crippen molar-refractivity contribution in [2.24, 2.45) is 0 Å². The van der Waals surface area contributed by atoms with E-state index in [2.05, 4.69) is 0 Å². The molecule has 4 heteroatoms. The minimum absolute atomic E-state index is 0.148. The van der Waals surface area contributed by atoms with E-state index in [4.69, 9.17) is 23.2 Å². The van der Waals surface area contributed by atoms with Crippen LogP contribution in [0.3, 0.4) is 0 Å². The molecule has 0 N–H and O–H groups in total. The zero-order valence-electron chi connectivity index (χ0n) is 9.90. The van der Waals surface area contributed by atoms with Gasteiger partial charge in [-0.3, -0.25) is 9.59 Å². The molecule has 2 aromatic carbocycles. The molecule has 2 nitrogen and oxygen atoms in total. The summed E-state index contributed by atoms with van der Waals surface area (Å²) >= 11 is 11.1. The van der Waals surface area contributed by atoms with Gasteiger partial charge in [-0.2, -0.15) is 0 Å². The third kappa shape index (κ3) is 3.22. The van der Waals surface area contributed by atoms with Gasteiger partial charge in [-0.25, -0.2) is 0 Å². The van der Waals surface area contributed by atoms with Gasteiger partial charge in [-0.15, -0.1) is 0 Å². The van der Waals surface area contributed by atoms with Gasteiger partial charge in [0.25, 0.3) is 10.5 Å². The third-order valence-corrected chi connectivity index (χ3v) is 3.19. The lowest BCUT2D eigenvalue weighted by Crippen LogP contribution is -2.06. The summed E-state index contributed by atoms with van der Waals surface area (Å²) < 4.78 is 0. The summed E-state index contributed by atoms with van der Waals surface area (Å²) in [6.07, 6.45) is 0.520. The van der Waals surface area contributed by atoms with E-state index in [1.807, 2.05) is 30.3 Å². The first kappa shape index (κ1) is 13.8. The lowest BCUT2D eigenvalue weighted by molar-refractivity contribution is 0.105.